The van der Waals surface area contributed by atoms with Crippen LogP contribution < -0.4 is 0 Å². The van der Waals surface area contributed by atoms with Crippen molar-refractivity contribution in [1.29, 1.82) is 0 Å². The number of carbonyl (C=O) groups is 2. The summed E-state index contributed by atoms with van der Waals surface area (Å²) in [5.74, 6) is 1.72. The number of hydrogen-bond acceptors (Lipinski definition) is 4. The molecule has 2 rings (SSSR count). The molecule has 0 radical (unpaired) electrons. The molecule has 0 atom stereocenters. The van der Waals surface area contributed by atoms with Gasteiger partial charge in [0, 0.05) is 5.69 Å². The number of pyridine rings is 1. The van der Waals surface area contributed by atoms with E-state index in [9.17, 15) is 9.59 Å². The van der Waals surface area contributed by atoms with Gasteiger partial charge in [0.1, 0.15) is 5.41 Å². The molecule has 1 heterocycles. The normalized spacial score (nSPS) is 14.9. The number of nitrogens with zero attached hydrogens (tertiary/aromatic N) is 2. The number of amides is 1. The number of carbonyl (C=O) groups excluding carboxylic acids is 2. The Labute approximate surface area is 124 Å². The third-order valence-electron chi connectivity index (χ3n) is 3.60. The first-order chi connectivity index (χ1) is 10.0. The summed E-state index contributed by atoms with van der Waals surface area (Å²) in [6.45, 7) is 2.32. The highest BCUT2D eigenvalue weighted by molar-refractivity contribution is 6.05. The number of aromatic nitrogens is 1. The molecule has 1 aromatic heterocycles. The molecule has 0 saturated heterocycles. The molecule has 0 aromatic carbocycles. The molecule has 21 heavy (non-hydrogen) atoms. The van der Waals surface area contributed by atoms with Crippen LogP contribution in [0, 0.1) is 24.7 Å². The van der Waals surface area contributed by atoms with Crippen molar-refractivity contribution in [2.24, 2.45) is 5.41 Å². The van der Waals surface area contributed by atoms with Crippen molar-refractivity contribution in [3.05, 3.63) is 29.6 Å². The summed E-state index contributed by atoms with van der Waals surface area (Å²) < 4.78 is 4.74. The van der Waals surface area contributed by atoms with Gasteiger partial charge in [-0.3, -0.25) is 14.6 Å². The second-order valence-electron chi connectivity index (χ2n) is 5.21. The molecule has 1 aromatic rings. The highest BCUT2D eigenvalue weighted by atomic mass is 16.5. The van der Waals surface area contributed by atoms with E-state index in [1.165, 1.54) is 12.0 Å². The number of methoxy groups -OCH3 is 1. The third kappa shape index (κ3) is 3.05. The Kier molecular flexibility index (Phi) is 4.27. The topological polar surface area (TPSA) is 59.5 Å². The highest BCUT2D eigenvalue weighted by Crippen LogP contribution is 2.48. The zero-order chi connectivity index (χ0) is 15.5. The monoisotopic (exact) mass is 286 g/mol. The van der Waals surface area contributed by atoms with Crippen LogP contribution in [0.1, 0.15) is 24.2 Å². The van der Waals surface area contributed by atoms with Crippen molar-refractivity contribution in [2.45, 2.75) is 26.3 Å². The van der Waals surface area contributed by atoms with Crippen molar-refractivity contribution in [3.63, 3.8) is 0 Å². The largest absolute Gasteiger partial charge is 0.468 e. The number of esters is 1. The molecule has 110 valence electrons. The van der Waals surface area contributed by atoms with Gasteiger partial charge in [0.05, 0.1) is 25.9 Å². The number of hydrogen-bond donors (Lipinski definition) is 0. The number of rotatable bonds is 5. The SMILES string of the molecule is C#CCN(Cc1cccc(C)n1)C(=O)C1(C(=O)OC)CC1. The summed E-state index contributed by atoms with van der Waals surface area (Å²) >= 11 is 0. The van der Waals surface area contributed by atoms with E-state index in [4.69, 9.17) is 11.2 Å². The molecule has 5 heteroatoms. The van der Waals surface area contributed by atoms with Crippen LogP contribution in [0.5, 0.6) is 0 Å². The predicted octanol–water partition coefficient (Wildman–Crippen LogP) is 1.31. The van der Waals surface area contributed by atoms with Gasteiger partial charge in [-0.15, -0.1) is 6.42 Å². The molecule has 1 aliphatic rings. The van der Waals surface area contributed by atoms with Gasteiger partial charge in [0.25, 0.3) is 0 Å². The molecule has 1 saturated carbocycles. The molecular weight excluding hydrogens is 268 g/mol. The summed E-state index contributed by atoms with van der Waals surface area (Å²) in [6.07, 6.45) is 6.37. The van der Waals surface area contributed by atoms with Gasteiger partial charge >= 0.3 is 5.97 Å². The molecule has 1 fully saturated rings. The number of aryl methyl sites for hydroxylation is 1. The van der Waals surface area contributed by atoms with E-state index < -0.39 is 11.4 Å². The summed E-state index contributed by atoms with van der Waals surface area (Å²) in [7, 11) is 1.29. The maximum absolute atomic E-state index is 12.6. The van der Waals surface area contributed by atoms with Crippen LogP contribution in [-0.4, -0.2) is 35.4 Å². The van der Waals surface area contributed by atoms with E-state index in [1.807, 2.05) is 25.1 Å². The summed E-state index contributed by atoms with van der Waals surface area (Å²) in [5, 5.41) is 0. The molecule has 0 bridgehead atoms. The molecule has 5 nitrogen and oxygen atoms in total. The van der Waals surface area contributed by atoms with Gasteiger partial charge < -0.3 is 9.64 Å². The Morgan fingerprint density at radius 3 is 2.71 bits per heavy atom. The smallest absolute Gasteiger partial charge is 0.321 e. The third-order valence-corrected chi connectivity index (χ3v) is 3.60. The standard InChI is InChI=1S/C16H18N2O3/c1-4-10-18(11-13-7-5-6-12(2)17-13)14(19)16(8-9-16)15(20)21-3/h1,5-7H,8-11H2,2-3H3. The molecule has 1 aliphatic carbocycles. The Hall–Kier alpha value is -2.35. The van der Waals surface area contributed by atoms with Crippen LogP contribution in [0.3, 0.4) is 0 Å². The van der Waals surface area contributed by atoms with E-state index in [0.717, 1.165) is 11.4 Å². The lowest BCUT2D eigenvalue weighted by atomic mass is 10.1. The van der Waals surface area contributed by atoms with Crippen LogP contribution in [-0.2, 0) is 20.9 Å². The van der Waals surface area contributed by atoms with Crippen LogP contribution in [0.15, 0.2) is 18.2 Å². The van der Waals surface area contributed by atoms with E-state index >= 15 is 0 Å². The van der Waals surface area contributed by atoms with Crippen molar-refractivity contribution >= 4 is 11.9 Å². The van der Waals surface area contributed by atoms with Gasteiger partial charge in [-0.1, -0.05) is 12.0 Å². The van der Waals surface area contributed by atoms with Crippen molar-refractivity contribution in [1.82, 2.24) is 9.88 Å². The second-order valence-corrected chi connectivity index (χ2v) is 5.21. The average molecular weight is 286 g/mol. The first-order valence-corrected chi connectivity index (χ1v) is 6.77. The number of ether oxygens (including phenoxy) is 1. The quantitative estimate of drug-likeness (QED) is 0.465. The minimum atomic E-state index is -1.03. The first-order valence-electron chi connectivity index (χ1n) is 6.77. The minimum Gasteiger partial charge on any atom is -0.468 e. The Morgan fingerprint density at radius 1 is 1.48 bits per heavy atom. The van der Waals surface area contributed by atoms with Crippen LogP contribution in [0.4, 0.5) is 0 Å². The zero-order valence-electron chi connectivity index (χ0n) is 12.3. The molecule has 0 aliphatic heterocycles. The predicted molar refractivity (Wildman–Crippen MR) is 76.9 cm³/mol. The van der Waals surface area contributed by atoms with Crippen LogP contribution >= 0.6 is 0 Å². The fourth-order valence-electron chi connectivity index (χ4n) is 2.32. The molecular formula is C16H18N2O3. The number of terminal acetylenes is 1. The van der Waals surface area contributed by atoms with Crippen LogP contribution in [0.25, 0.3) is 0 Å². The fraction of sp³-hybridized carbons (Fsp3) is 0.438. The summed E-state index contributed by atoms with van der Waals surface area (Å²) in [6, 6.07) is 5.60. The van der Waals surface area contributed by atoms with E-state index in [1.54, 1.807) is 0 Å². The van der Waals surface area contributed by atoms with Gasteiger partial charge in [0.15, 0.2) is 0 Å². The van der Waals surface area contributed by atoms with E-state index in [0.29, 0.717) is 19.4 Å². The van der Waals surface area contributed by atoms with E-state index in [2.05, 4.69) is 10.9 Å². The van der Waals surface area contributed by atoms with Gasteiger partial charge in [-0.25, -0.2) is 0 Å². The Bertz CT molecular complexity index is 600. The molecule has 1 amide bonds. The minimum absolute atomic E-state index is 0.146. The lowest BCUT2D eigenvalue weighted by Crippen LogP contribution is -2.41. The van der Waals surface area contributed by atoms with Crippen molar-refractivity contribution < 1.29 is 14.3 Å². The average Bonchev–Trinajstić information content (AvgIpc) is 3.27. The summed E-state index contributed by atoms with van der Waals surface area (Å²) in [5.41, 5.74) is 0.587. The Morgan fingerprint density at radius 2 is 2.19 bits per heavy atom. The first kappa shape index (κ1) is 15.0. The van der Waals surface area contributed by atoms with Crippen LogP contribution in [0.2, 0.25) is 0 Å². The van der Waals surface area contributed by atoms with Gasteiger partial charge in [0.2, 0.25) is 5.91 Å². The second kappa shape index (κ2) is 5.96. The lowest BCUT2D eigenvalue weighted by Gasteiger charge is -2.24. The van der Waals surface area contributed by atoms with Gasteiger partial charge in [-0.05, 0) is 31.9 Å². The maximum Gasteiger partial charge on any atom is 0.321 e. The molecule has 0 unspecified atom stereocenters. The van der Waals surface area contributed by atoms with Gasteiger partial charge in [-0.2, -0.15) is 0 Å². The van der Waals surface area contributed by atoms with Crippen molar-refractivity contribution in [2.75, 3.05) is 13.7 Å². The van der Waals surface area contributed by atoms with E-state index in [-0.39, 0.29) is 12.5 Å². The van der Waals surface area contributed by atoms with Crippen molar-refractivity contribution in [3.8, 4) is 12.3 Å². The fourth-order valence-corrected chi connectivity index (χ4v) is 2.32. The Balaban J connectivity index is 2.18. The summed E-state index contributed by atoms with van der Waals surface area (Å²) in [4.78, 5) is 30.3. The maximum atomic E-state index is 12.6. The molecule has 0 spiro atoms. The molecule has 0 N–H and O–H groups in total. The highest BCUT2D eigenvalue weighted by Gasteiger charge is 2.59. The zero-order valence-corrected chi connectivity index (χ0v) is 12.3. The lowest BCUT2D eigenvalue weighted by molar-refractivity contribution is -0.156.